The number of hydrogen-bond donors (Lipinski definition) is 2. The van der Waals surface area contributed by atoms with Gasteiger partial charge in [-0.25, -0.2) is 0 Å². The van der Waals surface area contributed by atoms with Crippen LogP contribution >= 0.6 is 0 Å². The Morgan fingerprint density at radius 2 is 1.89 bits per heavy atom. The fraction of sp³-hybridized carbons (Fsp3) is 0.462. The Morgan fingerprint density at radius 1 is 1.26 bits per heavy atom. The lowest BCUT2D eigenvalue weighted by Gasteiger charge is -2.15. The van der Waals surface area contributed by atoms with Crippen LogP contribution in [0.3, 0.4) is 0 Å². The second-order valence-electron chi connectivity index (χ2n) is 4.37. The molecule has 1 rings (SSSR count). The number of rotatable bonds is 7. The topological polar surface area (TPSA) is 55.1 Å². The molecule has 6 heteroatoms. The molecule has 0 saturated carbocycles. The van der Waals surface area contributed by atoms with Gasteiger partial charge in [0.2, 0.25) is 5.91 Å². The minimum atomic E-state index is -4.26. The molecule has 0 aliphatic carbocycles. The number of carbonyl (C=O) groups excluding carboxylic acids is 1. The SMILES string of the molecule is NC(=O)C(CCC(F)(F)F)CNCc1ccccc1. The maximum atomic E-state index is 12.1. The minimum absolute atomic E-state index is 0.153. The van der Waals surface area contributed by atoms with Gasteiger partial charge in [0, 0.05) is 19.5 Å². The van der Waals surface area contributed by atoms with Crippen LogP contribution in [0.4, 0.5) is 13.2 Å². The van der Waals surface area contributed by atoms with Gasteiger partial charge < -0.3 is 11.1 Å². The van der Waals surface area contributed by atoms with Gasteiger partial charge in [-0.2, -0.15) is 13.2 Å². The first-order chi connectivity index (χ1) is 8.88. The third-order valence-electron chi connectivity index (χ3n) is 2.74. The highest BCUT2D eigenvalue weighted by atomic mass is 19.4. The summed E-state index contributed by atoms with van der Waals surface area (Å²) in [6.45, 7) is 0.650. The molecular weight excluding hydrogens is 257 g/mol. The molecule has 3 N–H and O–H groups in total. The second-order valence-corrected chi connectivity index (χ2v) is 4.37. The summed E-state index contributed by atoms with van der Waals surface area (Å²) in [5.41, 5.74) is 6.10. The Morgan fingerprint density at radius 3 is 2.42 bits per heavy atom. The molecular formula is C13H17F3N2O. The van der Waals surface area contributed by atoms with Gasteiger partial charge in [-0.15, -0.1) is 0 Å². The Balaban J connectivity index is 2.36. The van der Waals surface area contributed by atoms with Crippen LogP contribution in [-0.4, -0.2) is 18.6 Å². The highest BCUT2D eigenvalue weighted by Gasteiger charge is 2.29. The molecule has 0 heterocycles. The van der Waals surface area contributed by atoms with Gasteiger partial charge >= 0.3 is 6.18 Å². The van der Waals surface area contributed by atoms with E-state index in [1.54, 1.807) is 0 Å². The van der Waals surface area contributed by atoms with Crippen LogP contribution in [0.15, 0.2) is 30.3 Å². The van der Waals surface area contributed by atoms with Gasteiger partial charge in [-0.1, -0.05) is 30.3 Å². The van der Waals surface area contributed by atoms with E-state index >= 15 is 0 Å². The van der Waals surface area contributed by atoms with E-state index in [2.05, 4.69) is 5.32 Å². The van der Waals surface area contributed by atoms with Crippen molar-refractivity contribution in [2.45, 2.75) is 25.6 Å². The molecule has 1 aromatic carbocycles. The van der Waals surface area contributed by atoms with Crippen LogP contribution in [0.5, 0.6) is 0 Å². The Bertz CT molecular complexity index is 393. The molecule has 1 atom stereocenters. The summed E-state index contributed by atoms with van der Waals surface area (Å²) in [6, 6.07) is 9.39. The van der Waals surface area contributed by atoms with Crippen LogP contribution < -0.4 is 11.1 Å². The first-order valence-corrected chi connectivity index (χ1v) is 5.99. The summed E-state index contributed by atoms with van der Waals surface area (Å²) in [5.74, 6) is -1.50. The Hall–Kier alpha value is -1.56. The monoisotopic (exact) mass is 274 g/mol. The van der Waals surface area contributed by atoms with Crippen LogP contribution in [0.1, 0.15) is 18.4 Å². The zero-order valence-electron chi connectivity index (χ0n) is 10.4. The van der Waals surface area contributed by atoms with E-state index in [0.717, 1.165) is 5.56 Å². The molecule has 19 heavy (non-hydrogen) atoms. The van der Waals surface area contributed by atoms with E-state index in [-0.39, 0.29) is 13.0 Å². The van der Waals surface area contributed by atoms with E-state index in [4.69, 9.17) is 5.73 Å². The number of alkyl halides is 3. The maximum Gasteiger partial charge on any atom is 0.389 e. The predicted molar refractivity (Wildman–Crippen MR) is 66.1 cm³/mol. The maximum absolute atomic E-state index is 12.1. The summed E-state index contributed by atoms with van der Waals surface area (Å²) in [7, 11) is 0. The molecule has 106 valence electrons. The highest BCUT2D eigenvalue weighted by molar-refractivity contribution is 5.76. The number of halogens is 3. The molecule has 0 saturated heterocycles. The largest absolute Gasteiger partial charge is 0.389 e. The van der Waals surface area contributed by atoms with Crippen molar-refractivity contribution in [3.63, 3.8) is 0 Å². The Labute approximate surface area is 110 Å². The van der Waals surface area contributed by atoms with Gasteiger partial charge in [0.15, 0.2) is 0 Å². The lowest BCUT2D eigenvalue weighted by Crippen LogP contribution is -2.33. The van der Waals surface area contributed by atoms with E-state index in [0.29, 0.717) is 6.54 Å². The molecule has 1 unspecified atom stereocenters. The lowest BCUT2D eigenvalue weighted by molar-refractivity contribution is -0.140. The number of benzene rings is 1. The fourth-order valence-electron chi connectivity index (χ4n) is 1.67. The smallest absolute Gasteiger partial charge is 0.369 e. The average molecular weight is 274 g/mol. The number of hydrogen-bond acceptors (Lipinski definition) is 2. The van der Waals surface area contributed by atoms with Crippen LogP contribution in [0.2, 0.25) is 0 Å². The number of nitrogens with one attached hydrogen (secondary N) is 1. The summed E-state index contributed by atoms with van der Waals surface area (Å²) in [4.78, 5) is 11.1. The molecule has 0 aliphatic rings. The third kappa shape index (κ3) is 6.81. The number of carbonyl (C=O) groups is 1. The van der Waals surface area contributed by atoms with Gasteiger partial charge in [-0.05, 0) is 12.0 Å². The van der Waals surface area contributed by atoms with Crippen molar-refractivity contribution in [1.29, 1.82) is 0 Å². The van der Waals surface area contributed by atoms with Crippen molar-refractivity contribution in [3.05, 3.63) is 35.9 Å². The third-order valence-corrected chi connectivity index (χ3v) is 2.74. The molecule has 0 aliphatic heterocycles. The standard InChI is InChI=1S/C13H17F3N2O/c14-13(15,16)7-6-11(12(17)19)9-18-8-10-4-2-1-3-5-10/h1-5,11,18H,6-9H2,(H2,17,19). The summed E-state index contributed by atoms with van der Waals surface area (Å²) in [5, 5.41) is 2.95. The first kappa shape index (κ1) is 15.5. The van der Waals surface area contributed by atoms with Crippen molar-refractivity contribution in [1.82, 2.24) is 5.32 Å². The molecule has 0 spiro atoms. The lowest BCUT2D eigenvalue weighted by atomic mass is 10.0. The quantitative estimate of drug-likeness (QED) is 0.801. The average Bonchev–Trinajstić information content (AvgIpc) is 2.33. The zero-order chi connectivity index (χ0) is 14.3. The number of nitrogens with two attached hydrogens (primary N) is 1. The zero-order valence-corrected chi connectivity index (χ0v) is 10.4. The molecule has 0 radical (unpaired) electrons. The van der Waals surface area contributed by atoms with Crippen molar-refractivity contribution >= 4 is 5.91 Å². The molecule has 3 nitrogen and oxygen atoms in total. The number of amides is 1. The van der Waals surface area contributed by atoms with Crippen LogP contribution in [0, 0.1) is 5.92 Å². The van der Waals surface area contributed by atoms with Gasteiger partial charge in [0.1, 0.15) is 0 Å². The van der Waals surface area contributed by atoms with E-state index in [1.807, 2.05) is 30.3 Å². The summed E-state index contributed by atoms with van der Waals surface area (Å²) < 4.78 is 36.3. The van der Waals surface area contributed by atoms with Crippen molar-refractivity contribution in [3.8, 4) is 0 Å². The Kier molecular flexibility index (Phi) is 5.82. The normalized spacial score (nSPS) is 13.2. The minimum Gasteiger partial charge on any atom is -0.369 e. The van der Waals surface area contributed by atoms with E-state index in [1.165, 1.54) is 0 Å². The first-order valence-electron chi connectivity index (χ1n) is 5.99. The predicted octanol–water partition coefficient (Wildman–Crippen LogP) is 2.22. The number of primary amides is 1. The van der Waals surface area contributed by atoms with Gasteiger partial charge in [0.05, 0.1) is 5.92 Å². The molecule has 0 aromatic heterocycles. The molecule has 1 aromatic rings. The summed E-state index contributed by atoms with van der Waals surface area (Å²) in [6.07, 6.45) is -5.53. The highest BCUT2D eigenvalue weighted by Crippen LogP contribution is 2.23. The molecule has 0 bridgehead atoms. The van der Waals surface area contributed by atoms with Gasteiger partial charge in [-0.3, -0.25) is 4.79 Å². The van der Waals surface area contributed by atoms with Gasteiger partial charge in [0.25, 0.3) is 0 Å². The van der Waals surface area contributed by atoms with Crippen molar-refractivity contribution in [2.75, 3.05) is 6.54 Å². The van der Waals surface area contributed by atoms with Crippen molar-refractivity contribution < 1.29 is 18.0 Å². The van der Waals surface area contributed by atoms with Crippen LogP contribution in [0.25, 0.3) is 0 Å². The van der Waals surface area contributed by atoms with E-state index in [9.17, 15) is 18.0 Å². The van der Waals surface area contributed by atoms with E-state index < -0.39 is 24.4 Å². The molecule has 1 amide bonds. The molecule has 0 fully saturated rings. The van der Waals surface area contributed by atoms with Crippen LogP contribution in [-0.2, 0) is 11.3 Å². The summed E-state index contributed by atoms with van der Waals surface area (Å²) >= 11 is 0. The van der Waals surface area contributed by atoms with Crippen molar-refractivity contribution in [2.24, 2.45) is 11.7 Å². The second kappa shape index (κ2) is 7.13. The fourth-order valence-corrected chi connectivity index (χ4v) is 1.67.